The van der Waals surface area contributed by atoms with Crippen LogP contribution in [-0.4, -0.2) is 12.2 Å². The Morgan fingerprint density at radius 2 is 2.27 bits per heavy atom. The quantitative estimate of drug-likeness (QED) is 0.661. The minimum Gasteiger partial charge on any atom is -0.375 e. The Morgan fingerprint density at radius 3 is 3.00 bits per heavy atom. The summed E-state index contributed by atoms with van der Waals surface area (Å²) in [6, 6.07) is 2.32. The van der Waals surface area contributed by atoms with E-state index in [4.69, 9.17) is 10.00 Å². The first-order chi connectivity index (χ1) is 7.24. The number of ether oxygens (including phenoxy) is 1. The number of hydrogen-bond acceptors (Lipinski definition) is 2. The van der Waals surface area contributed by atoms with Gasteiger partial charge in [0.1, 0.15) is 0 Å². The Kier molecular flexibility index (Phi) is 3.31. The van der Waals surface area contributed by atoms with Gasteiger partial charge in [0.15, 0.2) is 0 Å². The molecule has 1 saturated heterocycles. The molecular weight excluding hydrogens is 186 g/mol. The highest BCUT2D eigenvalue weighted by Crippen LogP contribution is 2.43. The summed E-state index contributed by atoms with van der Waals surface area (Å²) in [6.45, 7) is 3.21. The third-order valence-corrected chi connectivity index (χ3v) is 4.02. The molecule has 2 rings (SSSR count). The first-order valence-electron chi connectivity index (χ1n) is 6.25. The van der Waals surface area contributed by atoms with Crippen molar-refractivity contribution in [2.75, 3.05) is 6.61 Å². The molecule has 0 radical (unpaired) electrons. The normalized spacial score (nSPS) is 41.3. The zero-order valence-corrected chi connectivity index (χ0v) is 9.67. The third kappa shape index (κ3) is 2.52. The number of hydrogen-bond donors (Lipinski definition) is 0. The lowest BCUT2D eigenvalue weighted by atomic mass is 9.72. The van der Waals surface area contributed by atoms with Gasteiger partial charge in [0.05, 0.1) is 11.7 Å². The van der Waals surface area contributed by atoms with Crippen molar-refractivity contribution in [3.63, 3.8) is 0 Å². The second-order valence-corrected chi connectivity index (χ2v) is 5.45. The smallest absolute Gasteiger partial charge is 0.0688 e. The molecule has 2 aliphatic rings. The molecule has 0 aromatic heterocycles. The van der Waals surface area contributed by atoms with E-state index in [9.17, 15) is 0 Å². The van der Waals surface area contributed by atoms with Gasteiger partial charge in [-0.3, -0.25) is 0 Å². The van der Waals surface area contributed by atoms with Crippen LogP contribution in [-0.2, 0) is 4.74 Å². The molecule has 0 amide bonds. The van der Waals surface area contributed by atoms with Crippen molar-refractivity contribution in [2.45, 2.75) is 57.5 Å². The molecule has 2 heteroatoms. The van der Waals surface area contributed by atoms with E-state index < -0.39 is 0 Å². The van der Waals surface area contributed by atoms with Gasteiger partial charge >= 0.3 is 0 Å². The zero-order valence-electron chi connectivity index (χ0n) is 9.67. The molecule has 1 saturated carbocycles. The van der Waals surface area contributed by atoms with Crippen LogP contribution in [0.3, 0.4) is 0 Å². The molecule has 3 unspecified atom stereocenters. The molecule has 3 atom stereocenters. The second-order valence-electron chi connectivity index (χ2n) is 5.45. The van der Waals surface area contributed by atoms with Crippen molar-refractivity contribution in [3.8, 4) is 6.07 Å². The summed E-state index contributed by atoms with van der Waals surface area (Å²) in [5.41, 5.74) is 0.150. The van der Waals surface area contributed by atoms with Crippen LogP contribution in [0, 0.1) is 23.2 Å². The van der Waals surface area contributed by atoms with Crippen molar-refractivity contribution in [3.05, 3.63) is 0 Å². The average molecular weight is 207 g/mol. The fourth-order valence-corrected chi connectivity index (χ4v) is 3.36. The van der Waals surface area contributed by atoms with Gasteiger partial charge in [-0.2, -0.15) is 5.26 Å². The Balaban J connectivity index is 1.98. The van der Waals surface area contributed by atoms with E-state index >= 15 is 0 Å². The van der Waals surface area contributed by atoms with Crippen LogP contribution in [0.25, 0.3) is 0 Å². The molecule has 0 aromatic rings. The van der Waals surface area contributed by atoms with Crippen molar-refractivity contribution >= 4 is 0 Å². The Bertz CT molecular complexity index is 254. The van der Waals surface area contributed by atoms with Crippen LogP contribution in [0.4, 0.5) is 0 Å². The molecule has 15 heavy (non-hydrogen) atoms. The van der Waals surface area contributed by atoms with Gasteiger partial charge in [0.25, 0.3) is 0 Å². The van der Waals surface area contributed by atoms with E-state index in [1.54, 1.807) is 0 Å². The molecule has 2 fully saturated rings. The van der Waals surface area contributed by atoms with Gasteiger partial charge in [-0.1, -0.05) is 19.8 Å². The van der Waals surface area contributed by atoms with E-state index in [1.807, 2.05) is 0 Å². The molecule has 1 aliphatic heterocycles. The van der Waals surface area contributed by atoms with E-state index in [-0.39, 0.29) is 5.60 Å². The van der Waals surface area contributed by atoms with Gasteiger partial charge in [0.2, 0.25) is 0 Å². The van der Waals surface area contributed by atoms with Crippen LogP contribution in [0.15, 0.2) is 0 Å². The monoisotopic (exact) mass is 207 g/mol. The fraction of sp³-hybridized carbons (Fsp3) is 0.923. The molecule has 1 spiro atoms. The van der Waals surface area contributed by atoms with E-state index in [0.717, 1.165) is 31.8 Å². The lowest BCUT2D eigenvalue weighted by Crippen LogP contribution is -2.43. The first kappa shape index (κ1) is 11.0. The third-order valence-electron chi connectivity index (χ3n) is 4.02. The van der Waals surface area contributed by atoms with Crippen molar-refractivity contribution in [1.29, 1.82) is 5.26 Å². The summed E-state index contributed by atoms with van der Waals surface area (Å²) in [6.07, 6.45) is 8.04. The highest BCUT2D eigenvalue weighted by atomic mass is 16.5. The van der Waals surface area contributed by atoms with Gasteiger partial charge in [-0.25, -0.2) is 0 Å². The summed E-state index contributed by atoms with van der Waals surface area (Å²) in [5, 5.41) is 8.77. The van der Waals surface area contributed by atoms with Crippen LogP contribution in [0.1, 0.15) is 51.9 Å². The first-order valence-corrected chi connectivity index (χ1v) is 6.25. The molecule has 1 aliphatic carbocycles. The SMILES string of the molecule is CC1CCCC2(C1)CC(CC#N)CCO2. The minimum atomic E-state index is 0.150. The minimum absolute atomic E-state index is 0.150. The van der Waals surface area contributed by atoms with Crippen LogP contribution in [0.2, 0.25) is 0 Å². The summed E-state index contributed by atoms with van der Waals surface area (Å²) in [7, 11) is 0. The molecule has 2 nitrogen and oxygen atoms in total. The summed E-state index contributed by atoms with van der Waals surface area (Å²) in [5.74, 6) is 1.40. The van der Waals surface area contributed by atoms with Crippen LogP contribution >= 0.6 is 0 Å². The maximum Gasteiger partial charge on any atom is 0.0688 e. The van der Waals surface area contributed by atoms with Crippen molar-refractivity contribution in [1.82, 2.24) is 0 Å². The molecule has 1 heterocycles. The largest absolute Gasteiger partial charge is 0.375 e. The average Bonchev–Trinajstić information content (AvgIpc) is 2.17. The maximum absolute atomic E-state index is 8.77. The van der Waals surface area contributed by atoms with Gasteiger partial charge in [0, 0.05) is 13.0 Å². The van der Waals surface area contributed by atoms with Gasteiger partial charge < -0.3 is 4.74 Å². The Hall–Kier alpha value is -0.550. The molecule has 0 bridgehead atoms. The molecule has 0 N–H and O–H groups in total. The van der Waals surface area contributed by atoms with Gasteiger partial charge in [-0.05, 0) is 37.5 Å². The summed E-state index contributed by atoms with van der Waals surface area (Å²) >= 11 is 0. The fourth-order valence-electron chi connectivity index (χ4n) is 3.36. The summed E-state index contributed by atoms with van der Waals surface area (Å²) < 4.78 is 6.04. The highest BCUT2D eigenvalue weighted by Gasteiger charge is 2.40. The lowest BCUT2D eigenvalue weighted by molar-refractivity contribution is -0.125. The van der Waals surface area contributed by atoms with Crippen LogP contribution < -0.4 is 0 Å². The van der Waals surface area contributed by atoms with E-state index in [0.29, 0.717) is 5.92 Å². The lowest BCUT2D eigenvalue weighted by Gasteiger charge is -2.45. The maximum atomic E-state index is 8.77. The zero-order chi connectivity index (χ0) is 10.7. The number of rotatable bonds is 1. The van der Waals surface area contributed by atoms with E-state index in [1.165, 1.54) is 25.7 Å². The predicted octanol–water partition coefficient (Wildman–Crippen LogP) is 3.28. The molecular formula is C13H21NO. The molecule has 84 valence electrons. The van der Waals surface area contributed by atoms with Crippen molar-refractivity contribution < 1.29 is 4.74 Å². The number of nitrogens with zero attached hydrogens (tertiary/aromatic N) is 1. The Labute approximate surface area is 92.6 Å². The van der Waals surface area contributed by atoms with Crippen molar-refractivity contribution in [2.24, 2.45) is 11.8 Å². The predicted molar refractivity (Wildman–Crippen MR) is 59.3 cm³/mol. The Morgan fingerprint density at radius 1 is 1.40 bits per heavy atom. The molecule has 0 aromatic carbocycles. The second kappa shape index (κ2) is 4.53. The summed E-state index contributed by atoms with van der Waals surface area (Å²) in [4.78, 5) is 0. The topological polar surface area (TPSA) is 33.0 Å². The van der Waals surface area contributed by atoms with Crippen LogP contribution in [0.5, 0.6) is 0 Å². The number of nitriles is 1. The van der Waals surface area contributed by atoms with E-state index in [2.05, 4.69) is 13.0 Å². The highest BCUT2D eigenvalue weighted by molar-refractivity contribution is 4.93. The standard InChI is InChI=1S/C13H21NO/c1-11-3-2-6-13(9-11)10-12(4-7-14)5-8-15-13/h11-12H,2-6,8-10H2,1H3. The van der Waals surface area contributed by atoms with Gasteiger partial charge in [-0.15, -0.1) is 0 Å².